The number of hydrogen-bond donors (Lipinski definition) is 1. The molecule has 0 amide bonds. The molecule has 0 spiro atoms. The molecule has 13 heavy (non-hydrogen) atoms. The second-order valence-corrected chi connectivity index (χ2v) is 2.86. The zero-order valence-electron chi connectivity index (χ0n) is 6.60. The Labute approximate surface area is 78.7 Å². The Morgan fingerprint density at radius 1 is 1.77 bits per heavy atom. The number of rotatable bonds is 3. The van der Waals surface area contributed by atoms with Gasteiger partial charge in [-0.15, -0.1) is 11.6 Å². The molecule has 0 bridgehead atoms. The minimum atomic E-state index is -2.47. The molecule has 1 N–H and O–H groups in total. The van der Waals surface area contributed by atoms with Gasteiger partial charge in [0, 0.05) is 5.70 Å². The van der Waals surface area contributed by atoms with Gasteiger partial charge in [0.2, 0.25) is 0 Å². The molecule has 0 aliphatic carbocycles. The molecular formula is C7H8ClF2NO2. The van der Waals surface area contributed by atoms with Crippen LogP contribution in [0, 0.1) is 0 Å². The van der Waals surface area contributed by atoms with E-state index < -0.39 is 24.3 Å². The molecule has 0 saturated carbocycles. The highest BCUT2D eigenvalue weighted by Gasteiger charge is 2.25. The van der Waals surface area contributed by atoms with Crippen LogP contribution >= 0.6 is 11.6 Å². The quantitative estimate of drug-likeness (QED) is 0.557. The Morgan fingerprint density at radius 2 is 2.46 bits per heavy atom. The summed E-state index contributed by atoms with van der Waals surface area (Å²) in [5, 5.41) is 1.39. The van der Waals surface area contributed by atoms with E-state index >= 15 is 0 Å². The van der Waals surface area contributed by atoms with Gasteiger partial charge in [-0.05, 0) is 6.08 Å². The number of carbonyl (C=O) groups excluding carboxylic acids is 1. The smallest absolute Gasteiger partial charge is 0.330 e. The minimum Gasteiger partial charge on any atom is -0.460 e. The van der Waals surface area contributed by atoms with Crippen LogP contribution in [0.3, 0.4) is 0 Å². The molecule has 1 unspecified atom stereocenters. The van der Waals surface area contributed by atoms with E-state index in [9.17, 15) is 13.6 Å². The number of hydrogen-bond acceptors (Lipinski definition) is 3. The molecule has 1 aliphatic rings. The van der Waals surface area contributed by atoms with Crippen LogP contribution in [0.15, 0.2) is 11.8 Å². The molecule has 0 fully saturated rings. The second-order valence-electron chi connectivity index (χ2n) is 2.42. The highest BCUT2D eigenvalue weighted by molar-refractivity contribution is 6.32. The summed E-state index contributed by atoms with van der Waals surface area (Å²) < 4.78 is 28.1. The highest BCUT2D eigenvalue weighted by Crippen LogP contribution is 2.13. The van der Waals surface area contributed by atoms with Gasteiger partial charge in [0.1, 0.15) is 6.61 Å². The molecule has 0 radical (unpaired) electrons. The molecule has 0 aromatic rings. The molecule has 1 heterocycles. The number of ether oxygens (including phenoxy) is 1. The summed E-state index contributed by atoms with van der Waals surface area (Å²) in [6, 6.07) is 0. The summed E-state index contributed by atoms with van der Waals surface area (Å²) >= 11 is 5.57. The maximum atomic E-state index is 11.8. The number of halogens is 3. The summed E-state index contributed by atoms with van der Waals surface area (Å²) in [6.07, 6.45) is -0.996. The molecule has 1 atom stereocenters. The fourth-order valence-electron chi connectivity index (χ4n) is 0.874. The van der Waals surface area contributed by atoms with Gasteiger partial charge in [0.05, 0.1) is 6.54 Å². The van der Waals surface area contributed by atoms with Gasteiger partial charge in [-0.1, -0.05) is 0 Å². The van der Waals surface area contributed by atoms with Crippen LogP contribution in [0.1, 0.15) is 0 Å². The lowest BCUT2D eigenvalue weighted by Gasteiger charge is -2.19. The van der Waals surface area contributed by atoms with Gasteiger partial charge in [0.25, 0.3) is 6.43 Å². The van der Waals surface area contributed by atoms with Crippen molar-refractivity contribution in [2.75, 3.05) is 13.2 Å². The van der Waals surface area contributed by atoms with Crippen LogP contribution < -0.4 is 5.32 Å². The third kappa shape index (κ3) is 2.84. The summed E-state index contributed by atoms with van der Waals surface area (Å²) in [5.74, 6) is -0.610. The SMILES string of the molecule is O=C1OCC=C(NCC(F)F)C1Cl. The standard InChI is InChI=1S/C7H8ClF2NO2/c8-6-4(11-3-5(9)10)1-2-13-7(6)12/h1,5-6,11H,2-3H2. The number of esters is 1. The first-order chi connectivity index (χ1) is 6.11. The molecule has 74 valence electrons. The van der Waals surface area contributed by atoms with Crippen LogP contribution in [0.25, 0.3) is 0 Å². The Bertz CT molecular complexity index is 233. The topological polar surface area (TPSA) is 38.3 Å². The van der Waals surface area contributed by atoms with E-state index in [4.69, 9.17) is 11.6 Å². The first-order valence-electron chi connectivity index (χ1n) is 3.64. The predicted molar refractivity (Wildman–Crippen MR) is 42.7 cm³/mol. The molecule has 6 heteroatoms. The second kappa shape index (κ2) is 4.41. The van der Waals surface area contributed by atoms with Crippen LogP contribution in [-0.4, -0.2) is 30.9 Å². The maximum Gasteiger partial charge on any atom is 0.330 e. The lowest BCUT2D eigenvalue weighted by atomic mass is 10.2. The van der Waals surface area contributed by atoms with Crippen molar-refractivity contribution < 1.29 is 18.3 Å². The third-order valence-electron chi connectivity index (χ3n) is 1.47. The Morgan fingerprint density at radius 3 is 3.08 bits per heavy atom. The predicted octanol–water partition coefficient (Wildman–Crippen LogP) is 0.889. The maximum absolute atomic E-state index is 11.8. The average Bonchev–Trinajstić information content (AvgIpc) is 2.07. The number of alkyl halides is 3. The third-order valence-corrected chi connectivity index (χ3v) is 1.88. The van der Waals surface area contributed by atoms with E-state index in [2.05, 4.69) is 10.1 Å². The zero-order valence-corrected chi connectivity index (χ0v) is 7.35. The number of nitrogens with one attached hydrogen (secondary N) is 1. The molecule has 3 nitrogen and oxygen atoms in total. The van der Waals surface area contributed by atoms with Crippen molar-refractivity contribution in [1.82, 2.24) is 5.32 Å². The van der Waals surface area contributed by atoms with Gasteiger partial charge in [-0.3, -0.25) is 4.79 Å². The van der Waals surface area contributed by atoms with Crippen LogP contribution in [-0.2, 0) is 9.53 Å². The van der Waals surface area contributed by atoms with Crippen molar-refractivity contribution in [2.45, 2.75) is 11.8 Å². The fourth-order valence-corrected chi connectivity index (χ4v) is 1.10. The van der Waals surface area contributed by atoms with Crippen molar-refractivity contribution in [2.24, 2.45) is 0 Å². The monoisotopic (exact) mass is 211 g/mol. The minimum absolute atomic E-state index is 0.0770. The summed E-state index contributed by atoms with van der Waals surface area (Å²) in [4.78, 5) is 10.8. The first kappa shape index (κ1) is 10.2. The van der Waals surface area contributed by atoms with E-state index in [1.807, 2.05) is 0 Å². The molecule has 0 saturated heterocycles. The summed E-state index contributed by atoms with van der Waals surface area (Å²) in [6.45, 7) is -0.435. The van der Waals surface area contributed by atoms with Gasteiger partial charge in [-0.2, -0.15) is 0 Å². The summed E-state index contributed by atoms with van der Waals surface area (Å²) in [5.41, 5.74) is 0.290. The van der Waals surface area contributed by atoms with Crippen molar-refractivity contribution >= 4 is 17.6 Å². The van der Waals surface area contributed by atoms with Gasteiger partial charge < -0.3 is 10.1 Å². The lowest BCUT2D eigenvalue weighted by Crippen LogP contribution is -2.34. The van der Waals surface area contributed by atoms with Gasteiger partial charge in [0.15, 0.2) is 5.38 Å². The van der Waals surface area contributed by atoms with E-state index in [0.717, 1.165) is 0 Å². The molecule has 0 aromatic carbocycles. The van der Waals surface area contributed by atoms with Gasteiger partial charge >= 0.3 is 5.97 Å². The Kier molecular flexibility index (Phi) is 3.48. The van der Waals surface area contributed by atoms with Crippen LogP contribution in [0.4, 0.5) is 8.78 Å². The van der Waals surface area contributed by atoms with Crippen LogP contribution in [0.5, 0.6) is 0 Å². The number of carbonyl (C=O) groups is 1. The van der Waals surface area contributed by atoms with E-state index in [1.165, 1.54) is 6.08 Å². The zero-order chi connectivity index (χ0) is 9.84. The molecular weight excluding hydrogens is 204 g/mol. The van der Waals surface area contributed by atoms with E-state index in [-0.39, 0.29) is 6.61 Å². The lowest BCUT2D eigenvalue weighted by molar-refractivity contribution is -0.142. The van der Waals surface area contributed by atoms with Crippen molar-refractivity contribution in [3.63, 3.8) is 0 Å². The average molecular weight is 212 g/mol. The van der Waals surface area contributed by atoms with Crippen molar-refractivity contribution in [1.29, 1.82) is 0 Å². The fraction of sp³-hybridized carbons (Fsp3) is 0.571. The van der Waals surface area contributed by atoms with E-state index in [1.54, 1.807) is 0 Å². The Hall–Kier alpha value is -0.840. The Balaban J connectivity index is 2.48. The van der Waals surface area contributed by atoms with Crippen LogP contribution in [0.2, 0.25) is 0 Å². The van der Waals surface area contributed by atoms with Crippen molar-refractivity contribution in [3.05, 3.63) is 11.8 Å². The molecule has 1 aliphatic heterocycles. The largest absolute Gasteiger partial charge is 0.460 e. The number of cyclic esters (lactones) is 1. The summed E-state index contributed by atoms with van der Waals surface area (Å²) in [7, 11) is 0. The first-order valence-corrected chi connectivity index (χ1v) is 4.07. The highest BCUT2D eigenvalue weighted by atomic mass is 35.5. The van der Waals surface area contributed by atoms with Crippen molar-refractivity contribution in [3.8, 4) is 0 Å². The molecule has 0 aromatic heterocycles. The van der Waals surface area contributed by atoms with E-state index in [0.29, 0.717) is 5.70 Å². The normalized spacial score (nSPS) is 22.6. The van der Waals surface area contributed by atoms with Gasteiger partial charge in [-0.25, -0.2) is 8.78 Å². The molecule has 1 rings (SSSR count).